The van der Waals surface area contributed by atoms with Gasteiger partial charge in [-0.25, -0.2) is 4.39 Å². The zero-order valence-electron chi connectivity index (χ0n) is 12.9. The molecule has 0 aliphatic carbocycles. The van der Waals surface area contributed by atoms with Crippen LogP contribution < -0.4 is 10.7 Å². The van der Waals surface area contributed by atoms with Crippen molar-refractivity contribution in [3.8, 4) is 0 Å². The summed E-state index contributed by atoms with van der Waals surface area (Å²) in [6.07, 6.45) is 0.669. The Labute approximate surface area is 152 Å². The minimum absolute atomic E-state index is 0.0826. The van der Waals surface area contributed by atoms with Gasteiger partial charge < -0.3 is 5.32 Å². The van der Waals surface area contributed by atoms with E-state index in [1.807, 2.05) is 0 Å². The largest absolute Gasteiger partial charge is 0.326 e. The number of thiocarbonyl (C=S) groups is 1. The van der Waals surface area contributed by atoms with Crippen molar-refractivity contribution in [3.63, 3.8) is 0 Å². The summed E-state index contributed by atoms with van der Waals surface area (Å²) in [6.45, 7) is 0. The van der Waals surface area contributed by atoms with Crippen LogP contribution in [-0.2, 0) is 0 Å². The Kier molecular flexibility index (Phi) is 5.25. The van der Waals surface area contributed by atoms with Crippen LogP contribution in [0.25, 0.3) is 0 Å². The number of nitro groups is 1. The topological polar surface area (TPSA) is 79.6 Å². The molecule has 0 saturated carbocycles. The molecule has 0 radical (unpaired) electrons. The first-order valence-electron chi connectivity index (χ1n) is 7.34. The summed E-state index contributed by atoms with van der Waals surface area (Å²) in [6, 6.07) is 10.8. The van der Waals surface area contributed by atoms with E-state index in [2.05, 4.69) is 15.8 Å². The molecule has 0 unspecified atom stereocenters. The number of nitro benzene ring substituents is 1. The zero-order valence-corrected chi connectivity index (χ0v) is 14.5. The molecule has 3 rings (SSSR count). The smallest absolute Gasteiger partial charge is 0.292 e. The van der Waals surface area contributed by atoms with Crippen molar-refractivity contribution in [1.29, 1.82) is 0 Å². The Bertz CT molecular complexity index is 873. The standard InChI is InChI=1S/C16H13FN4O2S2/c17-10-5-6-15-11(9-10)12(7-8-25-15)19-20-16(24)18-13-3-1-2-4-14(13)21(22)23/h1-6,9H,7-8H2,(H2,18,20,24). The van der Waals surface area contributed by atoms with Gasteiger partial charge >= 0.3 is 0 Å². The molecule has 1 heterocycles. The van der Waals surface area contributed by atoms with E-state index in [0.717, 1.165) is 16.2 Å². The highest BCUT2D eigenvalue weighted by atomic mass is 32.2. The highest BCUT2D eigenvalue weighted by molar-refractivity contribution is 7.99. The second-order valence-corrected chi connectivity index (χ2v) is 6.68. The fraction of sp³-hybridized carbons (Fsp3) is 0.125. The molecule has 2 aromatic rings. The first-order valence-corrected chi connectivity index (χ1v) is 8.73. The van der Waals surface area contributed by atoms with Gasteiger partial charge in [-0.2, -0.15) is 5.10 Å². The summed E-state index contributed by atoms with van der Waals surface area (Å²) >= 11 is 6.79. The molecule has 0 amide bonds. The number of nitrogens with zero attached hydrogens (tertiary/aromatic N) is 2. The van der Waals surface area contributed by atoms with Crippen molar-refractivity contribution in [1.82, 2.24) is 5.43 Å². The summed E-state index contributed by atoms with van der Waals surface area (Å²) in [5, 5.41) is 18.1. The molecule has 0 saturated heterocycles. The van der Waals surface area contributed by atoms with Crippen molar-refractivity contribution in [2.45, 2.75) is 11.3 Å². The number of benzene rings is 2. The Morgan fingerprint density at radius 3 is 2.92 bits per heavy atom. The molecule has 0 fully saturated rings. The van der Waals surface area contributed by atoms with Crippen LogP contribution in [0.1, 0.15) is 12.0 Å². The molecule has 1 aliphatic rings. The molecule has 9 heteroatoms. The van der Waals surface area contributed by atoms with Gasteiger partial charge in [0.25, 0.3) is 5.69 Å². The number of anilines is 1. The molecule has 2 aromatic carbocycles. The van der Waals surface area contributed by atoms with Crippen LogP contribution in [0.2, 0.25) is 0 Å². The van der Waals surface area contributed by atoms with Gasteiger partial charge in [0.05, 0.1) is 10.6 Å². The van der Waals surface area contributed by atoms with Gasteiger partial charge in [-0.1, -0.05) is 12.1 Å². The third kappa shape index (κ3) is 4.12. The summed E-state index contributed by atoms with van der Waals surface area (Å²) in [4.78, 5) is 11.5. The van der Waals surface area contributed by atoms with E-state index in [4.69, 9.17) is 12.2 Å². The molecule has 0 aromatic heterocycles. The molecule has 128 valence electrons. The Morgan fingerprint density at radius 1 is 1.32 bits per heavy atom. The number of fused-ring (bicyclic) bond motifs is 1. The lowest BCUT2D eigenvalue weighted by atomic mass is 10.1. The fourth-order valence-electron chi connectivity index (χ4n) is 2.37. The van der Waals surface area contributed by atoms with Crippen LogP contribution >= 0.6 is 24.0 Å². The number of para-hydroxylation sites is 2. The van der Waals surface area contributed by atoms with E-state index in [1.54, 1.807) is 36.0 Å². The predicted molar refractivity (Wildman–Crippen MR) is 101 cm³/mol. The van der Waals surface area contributed by atoms with Crippen LogP contribution in [0.15, 0.2) is 52.5 Å². The van der Waals surface area contributed by atoms with E-state index >= 15 is 0 Å². The van der Waals surface area contributed by atoms with E-state index in [9.17, 15) is 14.5 Å². The summed E-state index contributed by atoms with van der Waals surface area (Å²) in [5.41, 5.74) is 4.30. The van der Waals surface area contributed by atoms with Crippen molar-refractivity contribution in [3.05, 3.63) is 64.0 Å². The van der Waals surface area contributed by atoms with E-state index in [0.29, 0.717) is 12.1 Å². The van der Waals surface area contributed by atoms with Gasteiger partial charge in [-0.05, 0) is 36.5 Å². The Morgan fingerprint density at radius 2 is 2.12 bits per heavy atom. The van der Waals surface area contributed by atoms with E-state index in [1.165, 1.54) is 18.2 Å². The number of thioether (sulfide) groups is 1. The summed E-state index contributed by atoms with van der Waals surface area (Å²) in [7, 11) is 0. The molecule has 1 aliphatic heterocycles. The van der Waals surface area contributed by atoms with Crippen molar-refractivity contribution < 1.29 is 9.31 Å². The second kappa shape index (κ2) is 7.58. The molecule has 0 atom stereocenters. The maximum Gasteiger partial charge on any atom is 0.292 e. The average molecular weight is 376 g/mol. The summed E-state index contributed by atoms with van der Waals surface area (Å²) in [5.74, 6) is 0.512. The number of hydrogen-bond acceptors (Lipinski definition) is 5. The Hall–Kier alpha value is -2.52. The number of nitrogens with one attached hydrogen (secondary N) is 2. The van der Waals surface area contributed by atoms with Crippen molar-refractivity contribution in [2.24, 2.45) is 5.10 Å². The van der Waals surface area contributed by atoms with Gasteiger partial charge in [-0.15, -0.1) is 11.8 Å². The van der Waals surface area contributed by atoms with Gasteiger partial charge in [0, 0.05) is 28.7 Å². The second-order valence-electron chi connectivity index (χ2n) is 5.14. The van der Waals surface area contributed by atoms with Crippen LogP contribution in [0.4, 0.5) is 15.8 Å². The minimum Gasteiger partial charge on any atom is -0.326 e. The van der Waals surface area contributed by atoms with Gasteiger partial charge in [0.1, 0.15) is 11.5 Å². The molecule has 25 heavy (non-hydrogen) atoms. The molecule has 0 spiro atoms. The molecule has 6 nitrogen and oxygen atoms in total. The number of rotatable bonds is 3. The van der Waals surface area contributed by atoms with Crippen molar-refractivity contribution >= 4 is 46.2 Å². The first kappa shape index (κ1) is 17.3. The van der Waals surface area contributed by atoms with Gasteiger partial charge in [-0.3, -0.25) is 15.5 Å². The predicted octanol–water partition coefficient (Wildman–Crippen LogP) is 3.92. The lowest BCUT2D eigenvalue weighted by Gasteiger charge is -2.17. The molecule has 0 bridgehead atoms. The molecular formula is C16H13FN4O2S2. The maximum absolute atomic E-state index is 13.5. The number of hydrazone groups is 1. The van der Waals surface area contributed by atoms with Crippen LogP contribution in [0, 0.1) is 15.9 Å². The highest BCUT2D eigenvalue weighted by Crippen LogP contribution is 2.30. The average Bonchev–Trinajstić information content (AvgIpc) is 2.60. The first-order chi connectivity index (χ1) is 12.0. The lowest BCUT2D eigenvalue weighted by Crippen LogP contribution is -2.26. The van der Waals surface area contributed by atoms with E-state index in [-0.39, 0.29) is 22.3 Å². The minimum atomic E-state index is -0.492. The highest BCUT2D eigenvalue weighted by Gasteiger charge is 2.17. The number of halogens is 1. The third-order valence-electron chi connectivity index (χ3n) is 3.49. The normalized spacial score (nSPS) is 14.7. The van der Waals surface area contributed by atoms with E-state index < -0.39 is 4.92 Å². The van der Waals surface area contributed by atoms with Crippen molar-refractivity contribution in [2.75, 3.05) is 11.1 Å². The third-order valence-corrected chi connectivity index (χ3v) is 4.76. The van der Waals surface area contributed by atoms with Crippen LogP contribution in [0.5, 0.6) is 0 Å². The molecular weight excluding hydrogens is 363 g/mol. The summed E-state index contributed by atoms with van der Waals surface area (Å²) < 4.78 is 13.5. The van der Waals surface area contributed by atoms with Gasteiger partial charge in [0.2, 0.25) is 0 Å². The SMILES string of the molecule is O=[N+]([O-])c1ccccc1NC(=S)NN=C1CCSc2ccc(F)cc21. The Balaban J connectivity index is 1.74. The lowest BCUT2D eigenvalue weighted by molar-refractivity contribution is -0.383. The number of hydrogen-bond donors (Lipinski definition) is 2. The van der Waals surface area contributed by atoms with Crippen LogP contribution in [-0.4, -0.2) is 21.5 Å². The molecule has 2 N–H and O–H groups in total. The fourth-order valence-corrected chi connectivity index (χ4v) is 3.54. The van der Waals surface area contributed by atoms with Crippen LogP contribution in [0.3, 0.4) is 0 Å². The monoisotopic (exact) mass is 376 g/mol. The van der Waals surface area contributed by atoms with Gasteiger partial charge in [0.15, 0.2) is 5.11 Å². The zero-order chi connectivity index (χ0) is 17.8. The maximum atomic E-state index is 13.5. The quantitative estimate of drug-likeness (QED) is 0.480.